The summed E-state index contributed by atoms with van der Waals surface area (Å²) in [6, 6.07) is 15.8. The standard InChI is InChI=1S/C21H24ClN3O/c1-14(2)25(15(3)4)20(26)13-24-19-11-6-5-10-18(19)23-21(24)16-8-7-9-17(22)12-16/h5-12,14-15H,13H2,1-4H3. The molecule has 0 unspecified atom stereocenters. The van der Waals surface area contributed by atoms with Crippen LogP contribution in [0.15, 0.2) is 48.5 Å². The third-order valence-electron chi connectivity index (χ3n) is 4.43. The van der Waals surface area contributed by atoms with Gasteiger partial charge in [-0.05, 0) is 52.0 Å². The van der Waals surface area contributed by atoms with Gasteiger partial charge < -0.3 is 9.47 Å². The predicted octanol–water partition coefficient (Wildman–Crippen LogP) is 5.00. The van der Waals surface area contributed by atoms with Crippen LogP contribution in [0.1, 0.15) is 27.7 Å². The third-order valence-corrected chi connectivity index (χ3v) is 4.67. The number of rotatable bonds is 5. The highest BCUT2D eigenvalue weighted by Crippen LogP contribution is 2.27. The Kier molecular flexibility index (Phi) is 5.33. The molecule has 0 N–H and O–H groups in total. The highest BCUT2D eigenvalue weighted by Gasteiger charge is 2.23. The van der Waals surface area contributed by atoms with Gasteiger partial charge in [-0.3, -0.25) is 4.79 Å². The molecule has 1 amide bonds. The summed E-state index contributed by atoms with van der Waals surface area (Å²) in [6.45, 7) is 8.42. The molecule has 0 aliphatic rings. The quantitative estimate of drug-likeness (QED) is 0.634. The van der Waals surface area contributed by atoms with Crippen molar-refractivity contribution in [3.8, 4) is 11.4 Å². The molecule has 0 spiro atoms. The Morgan fingerprint density at radius 1 is 1.08 bits per heavy atom. The first-order valence-corrected chi connectivity index (χ1v) is 9.28. The molecule has 136 valence electrons. The van der Waals surface area contributed by atoms with E-state index in [1.807, 2.05) is 85.7 Å². The summed E-state index contributed by atoms with van der Waals surface area (Å²) in [6.07, 6.45) is 0. The minimum Gasteiger partial charge on any atom is -0.336 e. The number of fused-ring (bicyclic) bond motifs is 1. The van der Waals surface area contributed by atoms with Crippen LogP contribution in [0.25, 0.3) is 22.4 Å². The van der Waals surface area contributed by atoms with Crippen LogP contribution in [0.3, 0.4) is 0 Å². The van der Waals surface area contributed by atoms with Crippen LogP contribution in [0.5, 0.6) is 0 Å². The first kappa shape index (κ1) is 18.5. The first-order chi connectivity index (χ1) is 12.4. The molecule has 1 aromatic heterocycles. The zero-order valence-electron chi connectivity index (χ0n) is 15.6. The summed E-state index contributed by atoms with van der Waals surface area (Å²) >= 11 is 6.17. The van der Waals surface area contributed by atoms with Crippen molar-refractivity contribution in [3.63, 3.8) is 0 Å². The smallest absolute Gasteiger partial charge is 0.243 e. The van der Waals surface area contributed by atoms with Crippen molar-refractivity contribution in [1.29, 1.82) is 0 Å². The van der Waals surface area contributed by atoms with Gasteiger partial charge in [0.05, 0.1) is 11.0 Å². The number of para-hydroxylation sites is 2. The second-order valence-electron chi connectivity index (χ2n) is 7.01. The number of amides is 1. The summed E-state index contributed by atoms with van der Waals surface area (Å²) in [4.78, 5) is 19.7. The van der Waals surface area contributed by atoms with Crippen molar-refractivity contribution < 1.29 is 4.79 Å². The van der Waals surface area contributed by atoms with Gasteiger partial charge in [-0.15, -0.1) is 0 Å². The third kappa shape index (κ3) is 3.61. The summed E-state index contributed by atoms with van der Waals surface area (Å²) in [5, 5.41) is 0.651. The maximum absolute atomic E-state index is 13.0. The lowest BCUT2D eigenvalue weighted by Crippen LogP contribution is -2.43. The lowest BCUT2D eigenvalue weighted by Gasteiger charge is -2.31. The van der Waals surface area contributed by atoms with E-state index in [0.29, 0.717) is 5.02 Å². The summed E-state index contributed by atoms with van der Waals surface area (Å²) in [5.41, 5.74) is 2.72. The van der Waals surface area contributed by atoms with Crippen LogP contribution >= 0.6 is 11.6 Å². The van der Waals surface area contributed by atoms with Gasteiger partial charge in [0, 0.05) is 22.7 Å². The van der Waals surface area contributed by atoms with Crippen molar-refractivity contribution >= 4 is 28.5 Å². The van der Waals surface area contributed by atoms with Crippen molar-refractivity contribution in [1.82, 2.24) is 14.5 Å². The SMILES string of the molecule is CC(C)N(C(=O)Cn1c(-c2cccc(Cl)c2)nc2ccccc21)C(C)C. The molecule has 0 fully saturated rings. The van der Waals surface area contributed by atoms with E-state index in [-0.39, 0.29) is 24.5 Å². The van der Waals surface area contributed by atoms with Crippen LogP contribution in [-0.2, 0) is 11.3 Å². The fourth-order valence-electron chi connectivity index (χ4n) is 3.47. The average molecular weight is 370 g/mol. The summed E-state index contributed by atoms with van der Waals surface area (Å²) in [5.74, 6) is 0.843. The van der Waals surface area contributed by atoms with E-state index in [2.05, 4.69) is 0 Å². The number of carbonyl (C=O) groups excluding carboxylic acids is 1. The van der Waals surface area contributed by atoms with Gasteiger partial charge in [0.25, 0.3) is 0 Å². The van der Waals surface area contributed by atoms with E-state index in [4.69, 9.17) is 16.6 Å². The van der Waals surface area contributed by atoms with E-state index in [1.54, 1.807) is 0 Å². The monoisotopic (exact) mass is 369 g/mol. The number of halogens is 1. The zero-order chi connectivity index (χ0) is 18.8. The molecular formula is C21H24ClN3O. The number of hydrogen-bond acceptors (Lipinski definition) is 2. The molecule has 5 heteroatoms. The van der Waals surface area contributed by atoms with Gasteiger partial charge in [0.1, 0.15) is 12.4 Å². The molecule has 0 saturated heterocycles. The van der Waals surface area contributed by atoms with Gasteiger partial charge in [-0.2, -0.15) is 0 Å². The van der Waals surface area contributed by atoms with Crippen LogP contribution in [-0.4, -0.2) is 32.4 Å². The minimum atomic E-state index is 0.0847. The lowest BCUT2D eigenvalue weighted by molar-refractivity contribution is -0.135. The van der Waals surface area contributed by atoms with E-state index in [1.165, 1.54) is 0 Å². The van der Waals surface area contributed by atoms with Gasteiger partial charge in [-0.1, -0.05) is 35.9 Å². The number of nitrogens with zero attached hydrogens (tertiary/aromatic N) is 3. The van der Waals surface area contributed by atoms with E-state index in [9.17, 15) is 4.79 Å². The van der Waals surface area contributed by atoms with Crippen LogP contribution in [0.4, 0.5) is 0 Å². The number of carbonyl (C=O) groups is 1. The van der Waals surface area contributed by atoms with E-state index in [0.717, 1.165) is 22.4 Å². The normalized spacial score (nSPS) is 11.5. The fraction of sp³-hybridized carbons (Fsp3) is 0.333. The van der Waals surface area contributed by atoms with Gasteiger partial charge >= 0.3 is 0 Å². The minimum absolute atomic E-state index is 0.0847. The molecule has 0 aliphatic heterocycles. The zero-order valence-corrected chi connectivity index (χ0v) is 16.4. The molecule has 26 heavy (non-hydrogen) atoms. The Hall–Kier alpha value is -2.33. The predicted molar refractivity (Wildman–Crippen MR) is 107 cm³/mol. The fourth-order valence-corrected chi connectivity index (χ4v) is 3.66. The number of benzene rings is 2. The van der Waals surface area contributed by atoms with Crippen LogP contribution in [0, 0.1) is 0 Å². The number of aromatic nitrogens is 2. The highest BCUT2D eigenvalue weighted by atomic mass is 35.5. The Morgan fingerprint density at radius 3 is 2.42 bits per heavy atom. The van der Waals surface area contributed by atoms with E-state index < -0.39 is 0 Å². The maximum atomic E-state index is 13.0. The van der Waals surface area contributed by atoms with Crippen LogP contribution < -0.4 is 0 Å². The lowest BCUT2D eigenvalue weighted by atomic mass is 10.2. The van der Waals surface area contributed by atoms with Crippen molar-refractivity contribution in [3.05, 3.63) is 53.6 Å². The van der Waals surface area contributed by atoms with E-state index >= 15 is 0 Å². The molecule has 3 rings (SSSR count). The Labute approximate surface area is 159 Å². The summed E-state index contributed by atoms with van der Waals surface area (Å²) in [7, 11) is 0. The summed E-state index contributed by atoms with van der Waals surface area (Å²) < 4.78 is 1.99. The van der Waals surface area contributed by atoms with Gasteiger partial charge in [0.15, 0.2) is 0 Å². The molecule has 1 heterocycles. The van der Waals surface area contributed by atoms with Crippen LogP contribution in [0.2, 0.25) is 5.02 Å². The topological polar surface area (TPSA) is 38.1 Å². The van der Waals surface area contributed by atoms with Gasteiger partial charge in [0.2, 0.25) is 5.91 Å². The first-order valence-electron chi connectivity index (χ1n) is 8.91. The van der Waals surface area contributed by atoms with Crippen molar-refractivity contribution in [2.75, 3.05) is 0 Å². The van der Waals surface area contributed by atoms with Crippen molar-refractivity contribution in [2.24, 2.45) is 0 Å². The molecule has 0 saturated carbocycles. The molecular weight excluding hydrogens is 346 g/mol. The Bertz CT molecular complexity index is 922. The van der Waals surface area contributed by atoms with Gasteiger partial charge in [-0.25, -0.2) is 4.98 Å². The molecule has 0 radical (unpaired) electrons. The van der Waals surface area contributed by atoms with Crippen molar-refractivity contribution in [2.45, 2.75) is 46.3 Å². The maximum Gasteiger partial charge on any atom is 0.243 e. The second kappa shape index (κ2) is 7.50. The molecule has 4 nitrogen and oxygen atoms in total. The molecule has 0 atom stereocenters. The second-order valence-corrected chi connectivity index (χ2v) is 7.45. The molecule has 0 aliphatic carbocycles. The number of imidazole rings is 1. The molecule has 3 aromatic rings. The Balaban J connectivity index is 2.09. The highest BCUT2D eigenvalue weighted by molar-refractivity contribution is 6.30. The largest absolute Gasteiger partial charge is 0.336 e. The molecule has 2 aromatic carbocycles. The Morgan fingerprint density at radius 2 is 1.77 bits per heavy atom. The molecule has 0 bridgehead atoms. The average Bonchev–Trinajstić information content (AvgIpc) is 2.93. The number of hydrogen-bond donors (Lipinski definition) is 0.